The summed E-state index contributed by atoms with van der Waals surface area (Å²) < 4.78 is 20.3. The van der Waals surface area contributed by atoms with Gasteiger partial charge >= 0.3 is 23.9 Å². The first kappa shape index (κ1) is 23.9. The number of ether oxygens (including phenoxy) is 4. The van der Waals surface area contributed by atoms with Crippen molar-refractivity contribution in [1.82, 2.24) is 0 Å². The second-order valence-corrected chi connectivity index (χ2v) is 5.40. The van der Waals surface area contributed by atoms with Crippen LogP contribution in [0.3, 0.4) is 0 Å². The molecule has 0 radical (unpaired) electrons. The van der Waals surface area contributed by atoms with E-state index in [1.807, 2.05) is 0 Å². The first-order chi connectivity index (χ1) is 12.3. The molecule has 0 aliphatic carbocycles. The van der Waals surface area contributed by atoms with Crippen LogP contribution in [0.1, 0.15) is 54.4 Å². The SMILES string of the molecule is CCOC(=O)C(CC)(C(=O)OCC)C(CC)(C(=O)OCC)C(=O)OCC. The van der Waals surface area contributed by atoms with E-state index in [-0.39, 0.29) is 39.3 Å². The molecule has 0 heterocycles. The van der Waals surface area contributed by atoms with Crippen molar-refractivity contribution in [2.75, 3.05) is 26.4 Å². The van der Waals surface area contributed by atoms with Gasteiger partial charge in [0.05, 0.1) is 26.4 Å². The minimum Gasteiger partial charge on any atom is -0.465 e. The smallest absolute Gasteiger partial charge is 0.325 e. The van der Waals surface area contributed by atoms with Gasteiger partial charge in [-0.2, -0.15) is 0 Å². The predicted octanol–water partition coefficient (Wildman–Crippen LogP) is 2.03. The lowest BCUT2D eigenvalue weighted by Crippen LogP contribution is -2.62. The Kier molecular flexibility index (Phi) is 9.90. The van der Waals surface area contributed by atoms with Crippen molar-refractivity contribution in [2.24, 2.45) is 10.8 Å². The molecule has 0 aromatic heterocycles. The van der Waals surface area contributed by atoms with Crippen LogP contribution >= 0.6 is 0 Å². The normalized spacial score (nSPS) is 11.5. The Balaban J connectivity index is 6.84. The summed E-state index contributed by atoms with van der Waals surface area (Å²) in [5.41, 5.74) is -4.40. The summed E-state index contributed by atoms with van der Waals surface area (Å²) in [5, 5.41) is 0. The highest BCUT2D eigenvalue weighted by atomic mass is 16.6. The molecule has 0 aliphatic rings. The number of rotatable bonds is 11. The van der Waals surface area contributed by atoms with Crippen molar-refractivity contribution in [1.29, 1.82) is 0 Å². The first-order valence-corrected chi connectivity index (χ1v) is 8.99. The van der Waals surface area contributed by atoms with Crippen LogP contribution in [-0.2, 0) is 38.1 Å². The maximum atomic E-state index is 12.9. The van der Waals surface area contributed by atoms with E-state index >= 15 is 0 Å². The van der Waals surface area contributed by atoms with E-state index in [9.17, 15) is 19.2 Å². The Hall–Kier alpha value is -2.12. The molecular formula is C18H30O8. The summed E-state index contributed by atoms with van der Waals surface area (Å²) in [6.45, 7) is 9.12. The van der Waals surface area contributed by atoms with E-state index < -0.39 is 34.7 Å². The molecule has 0 saturated carbocycles. The molecular weight excluding hydrogens is 344 g/mol. The lowest BCUT2D eigenvalue weighted by Gasteiger charge is -2.41. The molecule has 26 heavy (non-hydrogen) atoms. The quantitative estimate of drug-likeness (QED) is 0.307. The van der Waals surface area contributed by atoms with Crippen LogP contribution < -0.4 is 0 Å². The third kappa shape index (κ3) is 3.99. The summed E-state index contributed by atoms with van der Waals surface area (Å²) >= 11 is 0. The van der Waals surface area contributed by atoms with E-state index in [0.29, 0.717) is 0 Å². The summed E-state index contributed by atoms with van der Waals surface area (Å²) in [6, 6.07) is 0. The summed E-state index contributed by atoms with van der Waals surface area (Å²) in [5.74, 6) is -4.04. The van der Waals surface area contributed by atoms with Crippen molar-refractivity contribution in [3.05, 3.63) is 0 Å². The summed E-state index contributed by atoms with van der Waals surface area (Å²) in [7, 11) is 0. The third-order valence-corrected chi connectivity index (χ3v) is 4.28. The van der Waals surface area contributed by atoms with Gasteiger partial charge in [0.1, 0.15) is 0 Å². The molecule has 0 fully saturated rings. The highest BCUT2D eigenvalue weighted by Gasteiger charge is 2.71. The molecule has 0 saturated heterocycles. The van der Waals surface area contributed by atoms with Crippen LogP contribution in [0.15, 0.2) is 0 Å². The Morgan fingerprint density at radius 2 is 0.692 bits per heavy atom. The predicted molar refractivity (Wildman–Crippen MR) is 92.0 cm³/mol. The average Bonchev–Trinajstić information content (AvgIpc) is 2.60. The highest BCUT2D eigenvalue weighted by Crippen LogP contribution is 2.49. The number of esters is 4. The topological polar surface area (TPSA) is 105 Å². The number of hydrogen-bond acceptors (Lipinski definition) is 8. The Bertz CT molecular complexity index is 429. The third-order valence-electron chi connectivity index (χ3n) is 4.28. The van der Waals surface area contributed by atoms with Gasteiger partial charge in [0.25, 0.3) is 0 Å². The second kappa shape index (κ2) is 10.8. The Morgan fingerprint density at radius 1 is 0.500 bits per heavy atom. The molecule has 8 heteroatoms. The van der Waals surface area contributed by atoms with Gasteiger partial charge < -0.3 is 18.9 Å². The zero-order chi connectivity index (χ0) is 20.4. The van der Waals surface area contributed by atoms with Gasteiger partial charge in [-0.15, -0.1) is 0 Å². The van der Waals surface area contributed by atoms with Crippen molar-refractivity contribution >= 4 is 23.9 Å². The minimum atomic E-state index is -2.20. The van der Waals surface area contributed by atoms with E-state index in [0.717, 1.165) is 0 Å². The highest BCUT2D eigenvalue weighted by molar-refractivity contribution is 6.14. The van der Waals surface area contributed by atoms with Crippen LogP contribution in [0, 0.1) is 10.8 Å². The van der Waals surface area contributed by atoms with Crippen LogP contribution in [0.4, 0.5) is 0 Å². The fourth-order valence-electron chi connectivity index (χ4n) is 3.06. The van der Waals surface area contributed by atoms with Gasteiger partial charge in [-0.05, 0) is 40.5 Å². The molecule has 150 valence electrons. The number of carbonyl (C=O) groups excluding carboxylic acids is 4. The monoisotopic (exact) mass is 374 g/mol. The maximum Gasteiger partial charge on any atom is 0.325 e. The lowest BCUT2D eigenvalue weighted by molar-refractivity contribution is -0.204. The fourth-order valence-corrected chi connectivity index (χ4v) is 3.06. The van der Waals surface area contributed by atoms with Gasteiger partial charge in [0.15, 0.2) is 10.8 Å². The summed E-state index contributed by atoms with van der Waals surface area (Å²) in [4.78, 5) is 51.6. The Labute approximate surface area is 154 Å². The molecule has 0 rings (SSSR count). The molecule has 0 bridgehead atoms. The zero-order valence-corrected chi connectivity index (χ0v) is 16.5. The van der Waals surface area contributed by atoms with Crippen LogP contribution in [0.5, 0.6) is 0 Å². The molecule has 8 nitrogen and oxygen atoms in total. The summed E-state index contributed by atoms with van der Waals surface area (Å²) in [6.07, 6.45) is -0.397. The van der Waals surface area contributed by atoms with E-state index in [4.69, 9.17) is 18.9 Å². The van der Waals surface area contributed by atoms with Crippen LogP contribution in [0.2, 0.25) is 0 Å². The van der Waals surface area contributed by atoms with Gasteiger partial charge in [0.2, 0.25) is 0 Å². The number of carbonyl (C=O) groups is 4. The van der Waals surface area contributed by atoms with Gasteiger partial charge in [-0.25, -0.2) is 0 Å². The number of hydrogen-bond donors (Lipinski definition) is 0. The molecule has 0 aromatic carbocycles. The maximum absolute atomic E-state index is 12.9. The molecule has 0 aromatic rings. The van der Waals surface area contributed by atoms with E-state index in [2.05, 4.69) is 0 Å². The van der Waals surface area contributed by atoms with E-state index in [1.54, 1.807) is 27.7 Å². The molecule has 0 aliphatic heterocycles. The van der Waals surface area contributed by atoms with Crippen molar-refractivity contribution < 1.29 is 38.1 Å². The molecule has 0 spiro atoms. The zero-order valence-electron chi connectivity index (χ0n) is 16.5. The Morgan fingerprint density at radius 3 is 0.808 bits per heavy atom. The second-order valence-electron chi connectivity index (χ2n) is 5.40. The standard InChI is InChI=1S/C18H30O8/c1-7-17(13(19)23-9-3,14(20)24-10-4)18(8-2,15(21)25-11-5)16(22)26-12-6/h7-12H2,1-6H3. The molecule has 0 N–H and O–H groups in total. The van der Waals surface area contributed by atoms with Gasteiger partial charge in [-0.1, -0.05) is 13.8 Å². The van der Waals surface area contributed by atoms with Crippen molar-refractivity contribution in [2.45, 2.75) is 54.4 Å². The van der Waals surface area contributed by atoms with Crippen LogP contribution in [-0.4, -0.2) is 50.3 Å². The average molecular weight is 374 g/mol. The van der Waals surface area contributed by atoms with Crippen molar-refractivity contribution in [3.8, 4) is 0 Å². The lowest BCUT2D eigenvalue weighted by atomic mass is 9.59. The van der Waals surface area contributed by atoms with E-state index in [1.165, 1.54) is 13.8 Å². The van der Waals surface area contributed by atoms with Gasteiger partial charge in [-0.3, -0.25) is 19.2 Å². The largest absolute Gasteiger partial charge is 0.465 e. The van der Waals surface area contributed by atoms with Crippen LogP contribution in [0.25, 0.3) is 0 Å². The fraction of sp³-hybridized carbons (Fsp3) is 0.778. The first-order valence-electron chi connectivity index (χ1n) is 8.99. The molecule has 0 unspecified atom stereocenters. The molecule has 0 amide bonds. The van der Waals surface area contributed by atoms with Gasteiger partial charge in [0, 0.05) is 0 Å². The van der Waals surface area contributed by atoms with Crippen molar-refractivity contribution in [3.63, 3.8) is 0 Å². The minimum absolute atomic E-state index is 0.0363. The molecule has 0 atom stereocenters.